The second kappa shape index (κ2) is 12.8. The summed E-state index contributed by atoms with van der Waals surface area (Å²) in [5, 5.41) is 2.53. The Labute approximate surface area is 335 Å². The van der Waals surface area contributed by atoms with Gasteiger partial charge >= 0.3 is 0 Å². The molecule has 0 aliphatic heterocycles. The molecule has 270 valence electrons. The predicted octanol–water partition coefficient (Wildman–Crippen LogP) is 14.6. The van der Waals surface area contributed by atoms with Gasteiger partial charge in [-0.25, -0.2) is 0 Å². The van der Waals surface area contributed by atoms with Gasteiger partial charge in [0.25, 0.3) is 0 Å². The van der Waals surface area contributed by atoms with Gasteiger partial charge in [0.1, 0.15) is 0 Å². The van der Waals surface area contributed by atoms with Gasteiger partial charge in [-0.1, -0.05) is 190 Å². The second-order valence-corrected chi connectivity index (χ2v) is 16.1. The standard InChI is InChI=1S/C56H41N/c1-55(2)53-36-41(56(40-18-5-3-6-19-40)51-26-13-11-23-47(51)48-24-12-14-27-52(48)56)30-34-49(53)50-35-33-44(37-54(50)55)57(42-20-7-4-8-21-42)43-31-28-39(29-32-43)46-25-15-17-38-16-9-10-22-45(38)46/h3-37H,1-2H3. The predicted molar refractivity (Wildman–Crippen MR) is 239 cm³/mol. The van der Waals surface area contributed by atoms with Crippen LogP contribution in [0.15, 0.2) is 212 Å². The molecule has 0 heterocycles. The smallest absolute Gasteiger partial charge is 0.0713 e. The van der Waals surface area contributed by atoms with Crippen molar-refractivity contribution in [2.75, 3.05) is 4.90 Å². The summed E-state index contributed by atoms with van der Waals surface area (Å²) in [5.74, 6) is 0. The summed E-state index contributed by atoms with van der Waals surface area (Å²) in [6.45, 7) is 4.81. The van der Waals surface area contributed by atoms with Crippen molar-refractivity contribution in [1.29, 1.82) is 0 Å². The molecular weight excluding hydrogens is 687 g/mol. The van der Waals surface area contributed by atoms with Crippen molar-refractivity contribution >= 4 is 27.8 Å². The van der Waals surface area contributed by atoms with Crippen molar-refractivity contribution in [2.45, 2.75) is 24.7 Å². The molecular formula is C56H41N. The Morgan fingerprint density at radius 1 is 0.333 bits per heavy atom. The molecule has 0 fully saturated rings. The van der Waals surface area contributed by atoms with Crippen LogP contribution in [0.2, 0.25) is 0 Å². The lowest BCUT2D eigenvalue weighted by molar-refractivity contribution is 0.655. The van der Waals surface area contributed by atoms with Gasteiger partial charge < -0.3 is 4.90 Å². The first-order valence-electron chi connectivity index (χ1n) is 20.0. The van der Waals surface area contributed by atoms with Crippen molar-refractivity contribution in [3.63, 3.8) is 0 Å². The van der Waals surface area contributed by atoms with E-state index < -0.39 is 5.41 Å². The lowest BCUT2D eigenvalue weighted by Crippen LogP contribution is -2.29. The van der Waals surface area contributed by atoms with Crippen LogP contribution in [0.3, 0.4) is 0 Å². The quantitative estimate of drug-likeness (QED) is 0.165. The SMILES string of the molecule is CC1(C)c2cc(N(c3ccccc3)c3ccc(-c4cccc5ccccc45)cc3)ccc2-c2ccc(C3(c4ccccc4)c4ccccc4-c4ccccc43)cc21. The van der Waals surface area contributed by atoms with E-state index in [1.54, 1.807) is 0 Å². The summed E-state index contributed by atoms with van der Waals surface area (Å²) in [6, 6.07) is 78.6. The monoisotopic (exact) mass is 727 g/mol. The third-order valence-electron chi connectivity index (χ3n) is 12.8. The topological polar surface area (TPSA) is 3.24 Å². The maximum Gasteiger partial charge on any atom is 0.0713 e. The van der Waals surface area contributed by atoms with E-state index in [0.717, 1.165) is 17.1 Å². The summed E-state index contributed by atoms with van der Waals surface area (Å²) in [5.41, 5.74) is 18.5. The van der Waals surface area contributed by atoms with Crippen LogP contribution >= 0.6 is 0 Å². The molecule has 2 aliphatic rings. The van der Waals surface area contributed by atoms with Gasteiger partial charge in [-0.05, 0) is 114 Å². The maximum atomic E-state index is 2.53. The van der Waals surface area contributed by atoms with Crippen LogP contribution in [-0.4, -0.2) is 0 Å². The van der Waals surface area contributed by atoms with E-state index >= 15 is 0 Å². The number of benzene rings is 9. The molecule has 0 atom stereocenters. The van der Waals surface area contributed by atoms with Crippen LogP contribution in [0.4, 0.5) is 17.1 Å². The number of fused-ring (bicyclic) bond motifs is 7. The molecule has 0 radical (unpaired) electrons. The fourth-order valence-corrected chi connectivity index (χ4v) is 10.1. The highest BCUT2D eigenvalue weighted by atomic mass is 15.1. The summed E-state index contributed by atoms with van der Waals surface area (Å²) < 4.78 is 0. The maximum absolute atomic E-state index is 2.53. The molecule has 0 aromatic heterocycles. The molecule has 9 aromatic rings. The third kappa shape index (κ3) is 4.95. The Kier molecular flexibility index (Phi) is 7.50. The molecule has 11 rings (SSSR count). The lowest BCUT2D eigenvalue weighted by Gasteiger charge is -2.35. The third-order valence-corrected chi connectivity index (χ3v) is 12.8. The first-order chi connectivity index (χ1) is 28.0. The van der Waals surface area contributed by atoms with Gasteiger partial charge in [0.2, 0.25) is 0 Å². The Bertz CT molecular complexity index is 2920. The second-order valence-electron chi connectivity index (χ2n) is 16.1. The molecule has 0 amide bonds. The fourth-order valence-electron chi connectivity index (χ4n) is 10.1. The zero-order chi connectivity index (χ0) is 38.1. The molecule has 57 heavy (non-hydrogen) atoms. The molecule has 2 aliphatic carbocycles. The average Bonchev–Trinajstić information content (AvgIpc) is 3.70. The largest absolute Gasteiger partial charge is 0.310 e. The number of anilines is 3. The van der Waals surface area contributed by atoms with Crippen molar-refractivity contribution in [2.24, 2.45) is 0 Å². The molecule has 0 saturated carbocycles. The number of hydrogen-bond donors (Lipinski definition) is 0. The summed E-state index contributed by atoms with van der Waals surface area (Å²) in [7, 11) is 0. The summed E-state index contributed by atoms with van der Waals surface area (Å²) in [4.78, 5) is 2.40. The molecule has 1 nitrogen and oxygen atoms in total. The van der Waals surface area contributed by atoms with Gasteiger partial charge in [0.05, 0.1) is 5.41 Å². The van der Waals surface area contributed by atoms with E-state index in [2.05, 4.69) is 231 Å². The minimum absolute atomic E-state index is 0.229. The van der Waals surface area contributed by atoms with Crippen molar-refractivity contribution in [3.8, 4) is 33.4 Å². The van der Waals surface area contributed by atoms with Gasteiger partial charge in [-0.3, -0.25) is 0 Å². The van der Waals surface area contributed by atoms with Crippen LogP contribution in [0, 0.1) is 0 Å². The molecule has 0 spiro atoms. The molecule has 0 saturated heterocycles. The Morgan fingerprint density at radius 3 is 1.56 bits per heavy atom. The minimum Gasteiger partial charge on any atom is -0.310 e. The van der Waals surface area contributed by atoms with Crippen LogP contribution in [0.1, 0.15) is 47.2 Å². The normalized spacial score (nSPS) is 14.1. The van der Waals surface area contributed by atoms with Crippen molar-refractivity contribution in [1.82, 2.24) is 0 Å². The Morgan fingerprint density at radius 2 is 0.842 bits per heavy atom. The minimum atomic E-state index is -0.429. The Hall–Kier alpha value is -6.96. The van der Waals surface area contributed by atoms with E-state index in [-0.39, 0.29) is 5.41 Å². The van der Waals surface area contributed by atoms with Gasteiger partial charge in [0, 0.05) is 22.5 Å². The molecule has 9 aromatic carbocycles. The zero-order valence-electron chi connectivity index (χ0n) is 32.2. The van der Waals surface area contributed by atoms with Crippen molar-refractivity contribution < 1.29 is 0 Å². The van der Waals surface area contributed by atoms with E-state index in [0.29, 0.717) is 0 Å². The fraction of sp³-hybridized carbons (Fsp3) is 0.0714. The van der Waals surface area contributed by atoms with Crippen molar-refractivity contribution in [3.05, 3.63) is 246 Å². The zero-order valence-corrected chi connectivity index (χ0v) is 32.2. The van der Waals surface area contributed by atoms with Crippen LogP contribution in [-0.2, 0) is 10.8 Å². The van der Waals surface area contributed by atoms with E-state index in [9.17, 15) is 0 Å². The molecule has 0 bridgehead atoms. The average molecular weight is 728 g/mol. The molecule has 0 unspecified atom stereocenters. The first kappa shape index (κ1) is 33.4. The highest BCUT2D eigenvalue weighted by Gasteiger charge is 2.47. The van der Waals surface area contributed by atoms with E-state index in [4.69, 9.17) is 0 Å². The highest BCUT2D eigenvalue weighted by Crippen LogP contribution is 2.58. The van der Waals surface area contributed by atoms with Gasteiger partial charge in [-0.2, -0.15) is 0 Å². The molecule has 0 N–H and O–H groups in total. The van der Waals surface area contributed by atoms with E-state index in [1.807, 2.05) is 0 Å². The summed E-state index contributed by atoms with van der Waals surface area (Å²) >= 11 is 0. The summed E-state index contributed by atoms with van der Waals surface area (Å²) in [6.07, 6.45) is 0. The first-order valence-corrected chi connectivity index (χ1v) is 20.0. The van der Waals surface area contributed by atoms with Crippen LogP contribution in [0.5, 0.6) is 0 Å². The number of nitrogens with zero attached hydrogens (tertiary/aromatic N) is 1. The molecule has 1 heteroatoms. The number of para-hydroxylation sites is 1. The highest BCUT2D eigenvalue weighted by molar-refractivity contribution is 5.97. The number of hydrogen-bond acceptors (Lipinski definition) is 1. The lowest BCUT2D eigenvalue weighted by atomic mass is 9.66. The van der Waals surface area contributed by atoms with Gasteiger partial charge in [0.15, 0.2) is 0 Å². The van der Waals surface area contributed by atoms with Crippen LogP contribution < -0.4 is 4.90 Å². The van der Waals surface area contributed by atoms with E-state index in [1.165, 1.54) is 77.5 Å². The van der Waals surface area contributed by atoms with Crippen LogP contribution in [0.25, 0.3) is 44.2 Å². The van der Waals surface area contributed by atoms with Gasteiger partial charge in [-0.15, -0.1) is 0 Å². The number of rotatable bonds is 6. The Balaban J connectivity index is 1.03.